The summed E-state index contributed by atoms with van der Waals surface area (Å²) >= 11 is 0. The van der Waals surface area contributed by atoms with Crippen molar-refractivity contribution in [3.05, 3.63) is 12.2 Å². The first kappa shape index (κ1) is 14.7. The molecule has 0 heterocycles. The normalized spacial score (nSPS) is 22.8. The maximum absolute atomic E-state index is 12.4. The van der Waals surface area contributed by atoms with Crippen LogP contribution < -0.4 is 0 Å². The average molecular weight is 253 g/mol. The molecule has 0 fully saturated rings. The minimum atomic E-state index is -0.857. The van der Waals surface area contributed by atoms with E-state index >= 15 is 0 Å². The molecular formula is C14H23NO3. The summed E-state index contributed by atoms with van der Waals surface area (Å²) in [5, 5.41) is 9.18. The molecule has 0 aromatic heterocycles. The number of carbonyl (C=O) groups is 2. The topological polar surface area (TPSA) is 57.6 Å². The molecular weight excluding hydrogens is 230 g/mol. The quantitative estimate of drug-likeness (QED) is 0.739. The molecule has 0 aliphatic heterocycles. The molecule has 0 saturated carbocycles. The first-order valence-electron chi connectivity index (χ1n) is 6.78. The summed E-state index contributed by atoms with van der Waals surface area (Å²) in [7, 11) is 0. The molecule has 4 nitrogen and oxygen atoms in total. The number of allylic oxidation sites excluding steroid dienone is 2. The van der Waals surface area contributed by atoms with Gasteiger partial charge in [-0.25, -0.2) is 0 Å². The van der Waals surface area contributed by atoms with Gasteiger partial charge in [-0.2, -0.15) is 0 Å². The van der Waals surface area contributed by atoms with Crippen molar-refractivity contribution in [1.29, 1.82) is 0 Å². The number of hydrogen-bond acceptors (Lipinski definition) is 2. The van der Waals surface area contributed by atoms with Crippen LogP contribution in [-0.4, -0.2) is 35.0 Å². The molecule has 0 bridgehead atoms. The van der Waals surface area contributed by atoms with E-state index in [2.05, 4.69) is 6.92 Å². The predicted molar refractivity (Wildman–Crippen MR) is 70.2 cm³/mol. The maximum Gasteiger partial charge on any atom is 0.307 e. The largest absolute Gasteiger partial charge is 0.481 e. The number of rotatable bonds is 6. The van der Waals surface area contributed by atoms with E-state index in [0.29, 0.717) is 19.4 Å². The van der Waals surface area contributed by atoms with Crippen LogP contribution in [0.3, 0.4) is 0 Å². The third-order valence-corrected chi connectivity index (χ3v) is 3.54. The van der Waals surface area contributed by atoms with Crippen molar-refractivity contribution in [3.63, 3.8) is 0 Å². The Kier molecular flexibility index (Phi) is 5.89. The van der Waals surface area contributed by atoms with Crippen molar-refractivity contribution in [2.24, 2.45) is 11.8 Å². The summed E-state index contributed by atoms with van der Waals surface area (Å²) in [5.41, 5.74) is 0. The van der Waals surface area contributed by atoms with E-state index in [1.807, 2.05) is 19.1 Å². The minimum absolute atomic E-state index is 0.00250. The summed E-state index contributed by atoms with van der Waals surface area (Å²) in [4.78, 5) is 25.4. The fourth-order valence-corrected chi connectivity index (χ4v) is 2.37. The summed E-state index contributed by atoms with van der Waals surface area (Å²) in [5.74, 6) is -1.80. The lowest BCUT2D eigenvalue weighted by Crippen LogP contribution is -2.42. The number of carboxylic acids is 1. The number of aliphatic carboxylic acids is 1. The van der Waals surface area contributed by atoms with Crippen LogP contribution in [0.4, 0.5) is 0 Å². The van der Waals surface area contributed by atoms with E-state index in [0.717, 1.165) is 19.4 Å². The Bertz CT molecular complexity index is 325. The lowest BCUT2D eigenvalue weighted by molar-refractivity contribution is -0.150. The van der Waals surface area contributed by atoms with E-state index < -0.39 is 11.9 Å². The molecule has 1 amide bonds. The second-order valence-electron chi connectivity index (χ2n) is 4.77. The zero-order valence-corrected chi connectivity index (χ0v) is 11.3. The highest BCUT2D eigenvalue weighted by atomic mass is 16.4. The van der Waals surface area contributed by atoms with E-state index in [9.17, 15) is 14.7 Å². The first-order chi connectivity index (χ1) is 8.61. The Labute approximate surface area is 109 Å². The molecule has 0 aromatic rings. The third kappa shape index (κ3) is 3.59. The van der Waals surface area contributed by atoms with Crippen LogP contribution in [0.1, 0.15) is 39.5 Å². The van der Waals surface area contributed by atoms with E-state index in [4.69, 9.17) is 0 Å². The number of unbranched alkanes of at least 4 members (excludes halogenated alkanes) is 1. The van der Waals surface area contributed by atoms with Crippen molar-refractivity contribution in [3.8, 4) is 0 Å². The van der Waals surface area contributed by atoms with Gasteiger partial charge in [0.1, 0.15) is 0 Å². The lowest BCUT2D eigenvalue weighted by Gasteiger charge is -2.30. The average Bonchev–Trinajstić information content (AvgIpc) is 2.39. The monoisotopic (exact) mass is 253 g/mol. The highest BCUT2D eigenvalue weighted by Gasteiger charge is 2.35. The molecule has 1 N–H and O–H groups in total. The van der Waals surface area contributed by atoms with Crippen molar-refractivity contribution in [1.82, 2.24) is 4.90 Å². The minimum Gasteiger partial charge on any atom is -0.481 e. The van der Waals surface area contributed by atoms with Crippen LogP contribution in [0.25, 0.3) is 0 Å². The van der Waals surface area contributed by atoms with Crippen LogP contribution in [-0.2, 0) is 9.59 Å². The van der Waals surface area contributed by atoms with Crippen molar-refractivity contribution in [2.45, 2.75) is 39.5 Å². The molecule has 1 aliphatic rings. The Morgan fingerprint density at radius 1 is 1.22 bits per heavy atom. The molecule has 18 heavy (non-hydrogen) atoms. The predicted octanol–water partition coefficient (Wildman–Crippen LogP) is 2.30. The van der Waals surface area contributed by atoms with E-state index in [1.165, 1.54) is 0 Å². The van der Waals surface area contributed by atoms with Gasteiger partial charge >= 0.3 is 5.97 Å². The smallest absolute Gasteiger partial charge is 0.307 e. The fourth-order valence-electron chi connectivity index (χ4n) is 2.37. The highest BCUT2D eigenvalue weighted by Crippen LogP contribution is 2.27. The number of hydrogen-bond donors (Lipinski definition) is 1. The summed E-state index contributed by atoms with van der Waals surface area (Å²) in [6.07, 6.45) is 6.83. The number of carboxylic acid groups (broad SMARTS) is 1. The molecule has 1 aliphatic carbocycles. The standard InChI is InChI=1S/C14H23NO3/c1-3-5-10-15(4-2)13(16)11-8-6-7-9-12(11)14(17)18/h6-7,11-12H,3-5,8-10H2,1-2H3,(H,17,18)/t11-,12+/m1/s1. The Hall–Kier alpha value is -1.32. The summed E-state index contributed by atoms with van der Waals surface area (Å²) in [6, 6.07) is 0. The number of carbonyl (C=O) groups excluding carboxylic acids is 1. The second-order valence-corrected chi connectivity index (χ2v) is 4.77. The molecule has 0 saturated heterocycles. The van der Waals surface area contributed by atoms with Crippen LogP contribution in [0, 0.1) is 11.8 Å². The van der Waals surface area contributed by atoms with Gasteiger partial charge in [0.2, 0.25) is 5.91 Å². The van der Waals surface area contributed by atoms with Crippen molar-refractivity contribution in [2.75, 3.05) is 13.1 Å². The van der Waals surface area contributed by atoms with Gasteiger partial charge in [0.15, 0.2) is 0 Å². The van der Waals surface area contributed by atoms with E-state index in [-0.39, 0.29) is 11.8 Å². The maximum atomic E-state index is 12.4. The van der Waals surface area contributed by atoms with E-state index in [1.54, 1.807) is 4.90 Å². The van der Waals surface area contributed by atoms with Crippen LogP contribution >= 0.6 is 0 Å². The Morgan fingerprint density at radius 3 is 2.33 bits per heavy atom. The molecule has 0 spiro atoms. The molecule has 102 valence electrons. The van der Waals surface area contributed by atoms with Gasteiger partial charge in [-0.15, -0.1) is 0 Å². The van der Waals surface area contributed by atoms with Crippen LogP contribution in [0.5, 0.6) is 0 Å². The van der Waals surface area contributed by atoms with Crippen molar-refractivity contribution >= 4 is 11.9 Å². The SMILES string of the molecule is CCCCN(CC)C(=O)[C@@H]1CC=CC[C@@H]1C(=O)O. The Morgan fingerprint density at radius 2 is 1.83 bits per heavy atom. The third-order valence-electron chi connectivity index (χ3n) is 3.54. The first-order valence-corrected chi connectivity index (χ1v) is 6.78. The number of nitrogens with zero attached hydrogens (tertiary/aromatic N) is 1. The molecule has 2 atom stereocenters. The van der Waals surface area contributed by atoms with Crippen molar-refractivity contribution < 1.29 is 14.7 Å². The summed E-state index contributed by atoms with van der Waals surface area (Å²) < 4.78 is 0. The van der Waals surface area contributed by atoms with Gasteiger partial charge in [-0.05, 0) is 26.2 Å². The molecule has 0 unspecified atom stereocenters. The summed E-state index contributed by atoms with van der Waals surface area (Å²) in [6.45, 7) is 5.42. The lowest BCUT2D eigenvalue weighted by atomic mass is 9.82. The molecule has 0 aromatic carbocycles. The molecule has 4 heteroatoms. The highest BCUT2D eigenvalue weighted by molar-refractivity contribution is 5.85. The van der Waals surface area contributed by atoms with Gasteiger partial charge in [-0.3, -0.25) is 9.59 Å². The Balaban J connectivity index is 2.72. The van der Waals surface area contributed by atoms with Gasteiger partial charge in [0.05, 0.1) is 11.8 Å². The zero-order valence-electron chi connectivity index (χ0n) is 11.3. The molecule has 0 radical (unpaired) electrons. The van der Waals surface area contributed by atoms with Gasteiger partial charge in [0.25, 0.3) is 0 Å². The van der Waals surface area contributed by atoms with Gasteiger partial charge in [0, 0.05) is 13.1 Å². The van der Waals surface area contributed by atoms with Gasteiger partial charge < -0.3 is 10.0 Å². The van der Waals surface area contributed by atoms with Gasteiger partial charge in [-0.1, -0.05) is 25.5 Å². The van der Waals surface area contributed by atoms with Crippen LogP contribution in [0.15, 0.2) is 12.2 Å². The van der Waals surface area contributed by atoms with Crippen LogP contribution in [0.2, 0.25) is 0 Å². The number of amides is 1. The molecule has 1 rings (SSSR count). The second kappa shape index (κ2) is 7.19. The fraction of sp³-hybridized carbons (Fsp3) is 0.714. The zero-order chi connectivity index (χ0) is 13.5.